The van der Waals surface area contributed by atoms with E-state index in [9.17, 15) is 38.1 Å². The van der Waals surface area contributed by atoms with Crippen LogP contribution in [0.25, 0.3) is 11.1 Å². The van der Waals surface area contributed by atoms with Gasteiger partial charge in [-0.05, 0) is 49.2 Å². The Morgan fingerprint density at radius 1 is 0.635 bits per heavy atom. The first-order chi connectivity index (χ1) is 29.2. The van der Waals surface area contributed by atoms with E-state index in [1.807, 2.05) is 54.6 Å². The van der Waals surface area contributed by atoms with Gasteiger partial charge < -0.3 is 20.1 Å². The summed E-state index contributed by atoms with van der Waals surface area (Å²) in [5.41, 5.74) is 3.48. The van der Waals surface area contributed by atoms with Crippen molar-refractivity contribution < 1.29 is 37.1 Å². The lowest BCUT2D eigenvalue weighted by molar-refractivity contribution is -0.139. The minimum absolute atomic E-state index is 0. The minimum atomic E-state index is -3.78. The fourth-order valence-electron chi connectivity index (χ4n) is 5.89. The molecular weight excluding hydrogens is 882 g/mol. The number of ether oxygens (including phenoxy) is 2. The molecule has 0 saturated heterocycles. The molecule has 2 amide bonds. The number of nitrogens with zero attached hydrogens (tertiary/aromatic N) is 2. The van der Waals surface area contributed by atoms with Crippen molar-refractivity contribution in [2.24, 2.45) is 0 Å². The Balaban J connectivity index is 0.000000397. The van der Waals surface area contributed by atoms with Crippen LogP contribution in [-0.4, -0.2) is 72.2 Å². The van der Waals surface area contributed by atoms with Crippen LogP contribution < -0.4 is 10.6 Å². The van der Waals surface area contributed by atoms with Crippen LogP contribution in [0.2, 0.25) is 0 Å². The molecule has 4 aromatic carbocycles. The Kier molecular flexibility index (Phi) is 20.9. The summed E-state index contributed by atoms with van der Waals surface area (Å²) in [5.74, 6) is -2.29. The Bertz CT molecular complexity index is 2570. The maximum atomic E-state index is 13.0. The smallest absolute Gasteiger partial charge is 0.333 e. The molecule has 2 N–H and O–H groups in total. The van der Waals surface area contributed by atoms with Crippen molar-refractivity contribution >= 4 is 88.1 Å². The van der Waals surface area contributed by atoms with Crippen molar-refractivity contribution in [1.82, 2.24) is 10.6 Å². The summed E-state index contributed by atoms with van der Waals surface area (Å²) < 4.78 is 35.9. The monoisotopic (exact) mass is 923 g/mol. The lowest BCUT2D eigenvalue weighted by Gasteiger charge is -2.23. The summed E-state index contributed by atoms with van der Waals surface area (Å²) in [5, 5.41) is 24.9. The lowest BCUT2D eigenvalue weighted by Crippen LogP contribution is -2.30. The number of nitrogens with one attached hydrogen (secondary N) is 2. The topological polar surface area (TPSA) is 193 Å². The maximum Gasteiger partial charge on any atom is 0.333 e. The standard InChI is InChI=1S/C22H18N2O5S.C22H18N2O3S.CH2Cl2.CH4.B/c1-14(2)22(26)29-12-11-24-21(25)17(13-23)20-15-7-3-5-9-18(15)30(27,28)19-10-6-4-8-16(19)20;1-14(2)22(26)27-12-11-24-21(25)17(13-23)20-15-7-3-5-9-18(15)28-19-10-6-4-8-16(19)20;2-1-3;;/h3-10H,1,11-12H2,2H3,(H,24,25);3-10H,1,11-12H2,2H3,(H,24,25);1H2;1H4;. The maximum absolute atomic E-state index is 13.0. The molecule has 0 atom stereocenters. The molecule has 12 nitrogen and oxygen atoms in total. The zero-order chi connectivity index (χ0) is 44.7. The van der Waals surface area contributed by atoms with Gasteiger partial charge >= 0.3 is 11.9 Å². The molecule has 0 unspecified atom stereocenters. The van der Waals surface area contributed by atoms with Gasteiger partial charge in [0.1, 0.15) is 36.5 Å². The van der Waals surface area contributed by atoms with E-state index < -0.39 is 33.6 Å². The summed E-state index contributed by atoms with van der Waals surface area (Å²) >= 11 is 11.1. The molecule has 0 aliphatic carbocycles. The van der Waals surface area contributed by atoms with Gasteiger partial charge in [-0.25, -0.2) is 18.0 Å². The average Bonchev–Trinajstić information content (AvgIpc) is 3.25. The SMILES string of the molecule is C.C=C(C)C(=O)OCCNC(=O)C(C#N)=C1c2ccccc2S(=O)(=O)c2ccccc21.C=C(C)C(=O)OCCNC(=O)C(C#N)=C1c2ccccc2Sc2ccccc21.ClCCl.[B]. The number of fused-ring (bicyclic) bond motifs is 4. The van der Waals surface area contributed by atoms with Crippen molar-refractivity contribution in [1.29, 1.82) is 10.5 Å². The highest BCUT2D eigenvalue weighted by atomic mass is 35.5. The van der Waals surface area contributed by atoms with Crippen molar-refractivity contribution in [3.8, 4) is 12.1 Å². The van der Waals surface area contributed by atoms with E-state index in [1.165, 1.54) is 19.1 Å². The second-order valence-corrected chi connectivity index (χ2v) is 16.5. The molecule has 2 heterocycles. The summed E-state index contributed by atoms with van der Waals surface area (Å²) in [7, 11) is -3.78. The number of benzene rings is 4. The Hall–Kier alpha value is -6.36. The number of sulfone groups is 1. The van der Waals surface area contributed by atoms with E-state index >= 15 is 0 Å². The van der Waals surface area contributed by atoms with Crippen LogP contribution in [0.1, 0.15) is 43.5 Å². The first-order valence-electron chi connectivity index (χ1n) is 18.2. The number of carbonyl (C=O) groups excluding carboxylic acids is 4. The molecule has 0 spiro atoms. The fraction of sp³-hybridized carbons (Fsp3) is 0.174. The number of amides is 2. The van der Waals surface area contributed by atoms with Crippen molar-refractivity contribution in [3.05, 3.63) is 155 Å². The molecule has 323 valence electrons. The van der Waals surface area contributed by atoms with Crippen LogP contribution in [0.4, 0.5) is 0 Å². The third-order valence-corrected chi connectivity index (χ3v) is 11.6. The molecule has 3 radical (unpaired) electrons. The van der Waals surface area contributed by atoms with E-state index in [0.29, 0.717) is 11.1 Å². The van der Waals surface area contributed by atoms with E-state index in [4.69, 9.17) is 32.7 Å². The highest BCUT2D eigenvalue weighted by molar-refractivity contribution is 7.99. The predicted octanol–water partition coefficient (Wildman–Crippen LogP) is 7.78. The molecule has 0 aromatic heterocycles. The van der Waals surface area contributed by atoms with Gasteiger partial charge in [0.2, 0.25) is 9.84 Å². The van der Waals surface area contributed by atoms with Crippen LogP contribution in [0.15, 0.2) is 152 Å². The van der Waals surface area contributed by atoms with Gasteiger partial charge in [-0.3, -0.25) is 9.59 Å². The molecule has 4 aromatic rings. The molecule has 0 fully saturated rings. The van der Waals surface area contributed by atoms with Crippen molar-refractivity contribution in [2.45, 2.75) is 40.9 Å². The zero-order valence-electron chi connectivity index (χ0n) is 33.5. The molecule has 2 aliphatic heterocycles. The number of carbonyl (C=O) groups is 4. The van der Waals surface area contributed by atoms with Gasteiger partial charge in [-0.2, -0.15) is 10.5 Å². The number of hydrogen-bond donors (Lipinski definition) is 2. The van der Waals surface area contributed by atoms with Gasteiger partial charge in [0, 0.05) is 51.6 Å². The number of nitriles is 2. The van der Waals surface area contributed by atoms with E-state index in [-0.39, 0.29) is 90.7 Å². The first-order valence-corrected chi connectivity index (χ1v) is 21.5. The first kappa shape index (κ1) is 52.8. The van der Waals surface area contributed by atoms with E-state index in [2.05, 4.69) is 29.9 Å². The molecule has 17 heteroatoms. The number of alkyl halides is 2. The molecule has 2 aliphatic rings. The average molecular weight is 925 g/mol. The zero-order valence-corrected chi connectivity index (χ0v) is 36.6. The van der Waals surface area contributed by atoms with Gasteiger partial charge in [0.05, 0.1) is 28.2 Å². The quantitative estimate of drug-likeness (QED) is 0.0341. The minimum Gasteiger partial charge on any atom is -0.460 e. The van der Waals surface area contributed by atoms with Crippen molar-refractivity contribution in [2.75, 3.05) is 31.6 Å². The van der Waals surface area contributed by atoms with Gasteiger partial charge in [0.15, 0.2) is 0 Å². The van der Waals surface area contributed by atoms with Crippen LogP contribution in [-0.2, 0) is 38.5 Å². The third-order valence-electron chi connectivity index (χ3n) is 8.54. The fourth-order valence-corrected chi connectivity index (χ4v) is 8.65. The molecule has 0 saturated carbocycles. The van der Waals surface area contributed by atoms with Gasteiger partial charge in [0.25, 0.3) is 11.8 Å². The third kappa shape index (κ3) is 12.8. The van der Waals surface area contributed by atoms with Gasteiger partial charge in [-0.15, -0.1) is 23.2 Å². The largest absolute Gasteiger partial charge is 0.460 e. The normalized spacial score (nSPS) is 11.7. The summed E-state index contributed by atoms with van der Waals surface area (Å²) in [4.78, 5) is 50.3. The Labute approximate surface area is 383 Å². The summed E-state index contributed by atoms with van der Waals surface area (Å²) in [6.07, 6.45) is 0. The highest BCUT2D eigenvalue weighted by Gasteiger charge is 2.35. The summed E-state index contributed by atoms with van der Waals surface area (Å²) in [6, 6.07) is 31.8. The summed E-state index contributed by atoms with van der Waals surface area (Å²) in [6.45, 7) is 10.0. The van der Waals surface area contributed by atoms with Crippen LogP contribution in [0, 0.1) is 22.7 Å². The molecule has 6 rings (SSSR count). The van der Waals surface area contributed by atoms with Crippen molar-refractivity contribution in [3.63, 3.8) is 0 Å². The number of halogens is 2. The highest BCUT2D eigenvalue weighted by Crippen LogP contribution is 2.46. The molecule has 63 heavy (non-hydrogen) atoms. The number of rotatable bonds is 10. The Morgan fingerprint density at radius 3 is 1.30 bits per heavy atom. The van der Waals surface area contributed by atoms with Gasteiger partial charge in [-0.1, -0.05) is 105 Å². The van der Waals surface area contributed by atoms with Crippen LogP contribution in [0.3, 0.4) is 0 Å². The second-order valence-electron chi connectivity index (χ2n) is 12.8. The number of esters is 2. The predicted molar refractivity (Wildman–Crippen MR) is 245 cm³/mol. The van der Waals surface area contributed by atoms with E-state index in [0.717, 1.165) is 20.9 Å². The second kappa shape index (κ2) is 24.9. The van der Waals surface area contributed by atoms with Crippen LogP contribution >= 0.6 is 35.0 Å². The lowest BCUT2D eigenvalue weighted by atomic mass is 9.92. The van der Waals surface area contributed by atoms with Crippen LogP contribution in [0.5, 0.6) is 0 Å². The number of hydrogen-bond acceptors (Lipinski definition) is 11. The van der Waals surface area contributed by atoms with E-state index in [1.54, 1.807) is 55.1 Å². The molecular formula is C46H42BCl2N4O8S2. The molecule has 0 bridgehead atoms. The Morgan fingerprint density at radius 2 is 0.952 bits per heavy atom.